The quantitative estimate of drug-likeness (QED) is 0.652. The van der Waals surface area contributed by atoms with E-state index >= 15 is 0 Å². The Morgan fingerprint density at radius 2 is 1.73 bits per heavy atom. The predicted molar refractivity (Wildman–Crippen MR) is 105 cm³/mol. The fourth-order valence-electron chi connectivity index (χ4n) is 3.80. The van der Waals surface area contributed by atoms with Gasteiger partial charge in [-0.05, 0) is 48.6 Å². The average Bonchev–Trinajstić information content (AvgIpc) is 2.51. The van der Waals surface area contributed by atoms with E-state index in [-0.39, 0.29) is 28.0 Å². The first kappa shape index (κ1) is 18.2. The van der Waals surface area contributed by atoms with E-state index in [9.17, 15) is 4.79 Å². The van der Waals surface area contributed by atoms with Crippen LogP contribution in [0, 0.1) is 10.8 Å². The van der Waals surface area contributed by atoms with Crippen LogP contribution in [0.2, 0.25) is 0 Å². The summed E-state index contributed by atoms with van der Waals surface area (Å²) in [4.78, 5) is 12.9. The first-order valence-corrected chi connectivity index (χ1v) is 8.88. The maximum Gasteiger partial charge on any atom is 0.257 e. The summed E-state index contributed by atoms with van der Waals surface area (Å²) >= 11 is 0. The lowest BCUT2D eigenvalue weighted by molar-refractivity contribution is 0.0887. The molecule has 3 aromatic rings. The van der Waals surface area contributed by atoms with Crippen LogP contribution in [0.25, 0.3) is 21.7 Å². The minimum atomic E-state index is -0.379. The van der Waals surface area contributed by atoms with Crippen LogP contribution in [0.5, 0.6) is 0 Å². The number of rotatable bonds is 3. The van der Waals surface area contributed by atoms with Crippen molar-refractivity contribution in [3.05, 3.63) is 53.6 Å². The van der Waals surface area contributed by atoms with Crippen molar-refractivity contribution in [2.24, 2.45) is 5.41 Å². The number of benzene rings is 2. The number of hydrogen-bond donors (Lipinski definition) is 2. The summed E-state index contributed by atoms with van der Waals surface area (Å²) < 4.78 is 5.64. The Labute approximate surface area is 153 Å². The second-order valence-corrected chi connectivity index (χ2v) is 8.76. The molecule has 1 aromatic heterocycles. The summed E-state index contributed by atoms with van der Waals surface area (Å²) in [5, 5.41) is 14.1. The third kappa shape index (κ3) is 3.79. The van der Waals surface area contributed by atoms with Gasteiger partial charge in [-0.25, -0.2) is 0 Å². The third-order valence-electron chi connectivity index (χ3n) is 4.34. The van der Waals surface area contributed by atoms with Crippen LogP contribution >= 0.6 is 0 Å². The van der Waals surface area contributed by atoms with E-state index in [0.717, 1.165) is 22.6 Å². The van der Waals surface area contributed by atoms with E-state index in [4.69, 9.17) is 9.83 Å². The van der Waals surface area contributed by atoms with Crippen molar-refractivity contribution in [2.75, 3.05) is 0 Å². The molecule has 1 heterocycles. The largest absolute Gasteiger partial charge is 0.438 e. The Morgan fingerprint density at radius 1 is 1.04 bits per heavy atom. The zero-order valence-corrected chi connectivity index (χ0v) is 16.1. The number of fused-ring (bicyclic) bond motifs is 3. The summed E-state index contributed by atoms with van der Waals surface area (Å²) in [6.45, 7) is 10.5. The van der Waals surface area contributed by atoms with Gasteiger partial charge >= 0.3 is 0 Å². The first-order valence-electron chi connectivity index (χ1n) is 8.88. The molecule has 3 rings (SSSR count). The fourth-order valence-corrected chi connectivity index (χ4v) is 3.80. The van der Waals surface area contributed by atoms with Crippen molar-refractivity contribution in [2.45, 2.75) is 46.6 Å². The predicted octanol–water partition coefficient (Wildman–Crippen LogP) is 5.01. The Kier molecular flexibility index (Phi) is 4.39. The van der Waals surface area contributed by atoms with E-state index in [1.807, 2.05) is 50.2 Å². The maximum absolute atomic E-state index is 12.9. The highest BCUT2D eigenvalue weighted by molar-refractivity contribution is 6.07. The van der Waals surface area contributed by atoms with E-state index in [1.54, 1.807) is 6.07 Å². The molecule has 0 unspecified atom stereocenters. The fraction of sp³-hybridized carbons (Fsp3) is 0.364. The molecule has 4 heteroatoms. The van der Waals surface area contributed by atoms with E-state index < -0.39 is 0 Å². The maximum atomic E-state index is 12.9. The van der Waals surface area contributed by atoms with E-state index in [1.165, 1.54) is 0 Å². The Balaban J connectivity index is 2.04. The van der Waals surface area contributed by atoms with Gasteiger partial charge in [0.1, 0.15) is 11.1 Å². The number of carbonyl (C=O) groups is 1. The van der Waals surface area contributed by atoms with Gasteiger partial charge in [0.2, 0.25) is 5.55 Å². The smallest absolute Gasteiger partial charge is 0.257 e. The molecule has 0 atom stereocenters. The Hall–Kier alpha value is -2.62. The molecule has 1 amide bonds. The van der Waals surface area contributed by atoms with Gasteiger partial charge in [0.15, 0.2) is 0 Å². The molecule has 0 bridgehead atoms. The van der Waals surface area contributed by atoms with Crippen molar-refractivity contribution in [1.29, 1.82) is 5.41 Å². The third-order valence-corrected chi connectivity index (χ3v) is 4.34. The van der Waals surface area contributed by atoms with Crippen LogP contribution < -0.4 is 10.9 Å². The van der Waals surface area contributed by atoms with E-state index in [2.05, 4.69) is 26.1 Å². The molecule has 0 aliphatic carbocycles. The van der Waals surface area contributed by atoms with Gasteiger partial charge in [-0.3, -0.25) is 10.2 Å². The van der Waals surface area contributed by atoms with Crippen molar-refractivity contribution >= 4 is 27.6 Å². The highest BCUT2D eigenvalue weighted by Gasteiger charge is 2.28. The van der Waals surface area contributed by atoms with Crippen LogP contribution in [-0.4, -0.2) is 11.4 Å². The van der Waals surface area contributed by atoms with Gasteiger partial charge < -0.3 is 9.73 Å². The molecule has 4 nitrogen and oxygen atoms in total. The molecule has 0 spiro atoms. The molecule has 0 radical (unpaired) electrons. The lowest BCUT2D eigenvalue weighted by atomic mass is 9.81. The van der Waals surface area contributed by atoms with Crippen molar-refractivity contribution in [1.82, 2.24) is 5.32 Å². The molecular weight excluding hydrogens is 324 g/mol. The first-order chi connectivity index (χ1) is 12.1. The molecule has 0 aliphatic heterocycles. The normalized spacial score (nSPS) is 12.5. The molecule has 2 N–H and O–H groups in total. The molecular formula is C22H26N2O2. The van der Waals surface area contributed by atoms with Gasteiger partial charge in [-0.2, -0.15) is 0 Å². The topological polar surface area (TPSA) is 66.1 Å². The van der Waals surface area contributed by atoms with Crippen LogP contribution in [-0.2, 0) is 0 Å². The highest BCUT2D eigenvalue weighted by atomic mass is 16.3. The van der Waals surface area contributed by atoms with Crippen LogP contribution in [0.4, 0.5) is 0 Å². The van der Waals surface area contributed by atoms with Crippen molar-refractivity contribution in [3.8, 4) is 0 Å². The minimum absolute atomic E-state index is 0.0878. The Morgan fingerprint density at radius 3 is 2.42 bits per heavy atom. The number of carbonyl (C=O) groups excluding carboxylic acids is 1. The van der Waals surface area contributed by atoms with E-state index in [0.29, 0.717) is 5.58 Å². The number of nitrogens with one attached hydrogen (secondary N) is 2. The summed E-state index contributed by atoms with van der Waals surface area (Å²) in [5.74, 6) is -0.275. The molecule has 26 heavy (non-hydrogen) atoms. The minimum Gasteiger partial charge on any atom is -0.438 e. The zero-order chi connectivity index (χ0) is 19.1. The van der Waals surface area contributed by atoms with Crippen LogP contribution in [0.3, 0.4) is 0 Å². The number of hydrogen-bond acceptors (Lipinski definition) is 3. The molecule has 0 saturated heterocycles. The SMILES string of the molecule is CC(C)(C)CC(C)(C)NC(=O)c1cc2c(ccc3ccccc32)oc1=N. The second kappa shape index (κ2) is 6.27. The average molecular weight is 350 g/mol. The van der Waals surface area contributed by atoms with Crippen LogP contribution in [0.1, 0.15) is 51.4 Å². The molecule has 136 valence electrons. The molecule has 2 aromatic carbocycles. The van der Waals surface area contributed by atoms with Crippen molar-refractivity contribution < 1.29 is 9.21 Å². The lowest BCUT2D eigenvalue weighted by Gasteiger charge is -2.33. The molecule has 0 aliphatic rings. The standard InChI is InChI=1S/C22H26N2O2/c1-21(2,3)13-22(4,5)24-20(25)17-12-16-15-9-7-6-8-14(15)10-11-18(16)26-19(17)23/h6-12,23H,13H2,1-5H3,(H,24,25). The number of amides is 1. The van der Waals surface area contributed by atoms with Gasteiger partial charge in [0.05, 0.1) is 0 Å². The van der Waals surface area contributed by atoms with Gasteiger partial charge in [0, 0.05) is 10.9 Å². The van der Waals surface area contributed by atoms with Crippen LogP contribution in [0.15, 0.2) is 46.9 Å². The Bertz CT molecular complexity index is 1040. The van der Waals surface area contributed by atoms with Gasteiger partial charge in [-0.1, -0.05) is 51.1 Å². The van der Waals surface area contributed by atoms with Gasteiger partial charge in [-0.15, -0.1) is 0 Å². The summed E-state index contributed by atoms with van der Waals surface area (Å²) in [5.41, 5.74) is 0.465. The van der Waals surface area contributed by atoms with Gasteiger partial charge in [0.25, 0.3) is 5.91 Å². The lowest BCUT2D eigenvalue weighted by Crippen LogP contribution is -2.46. The highest BCUT2D eigenvalue weighted by Crippen LogP contribution is 2.28. The summed E-state index contributed by atoms with van der Waals surface area (Å²) in [6.07, 6.45) is 0.826. The zero-order valence-electron chi connectivity index (χ0n) is 16.1. The summed E-state index contributed by atoms with van der Waals surface area (Å²) in [6, 6.07) is 13.5. The summed E-state index contributed by atoms with van der Waals surface area (Å²) in [7, 11) is 0. The molecule has 0 fully saturated rings. The monoisotopic (exact) mass is 350 g/mol. The van der Waals surface area contributed by atoms with Crippen molar-refractivity contribution in [3.63, 3.8) is 0 Å². The molecule has 0 saturated carbocycles. The second-order valence-electron chi connectivity index (χ2n) is 8.76.